The highest BCUT2D eigenvalue weighted by molar-refractivity contribution is 5.48. The van der Waals surface area contributed by atoms with Gasteiger partial charge in [-0.25, -0.2) is 15.0 Å². The zero-order valence-electron chi connectivity index (χ0n) is 9.22. The number of aromatic nitrogens is 3. The van der Waals surface area contributed by atoms with E-state index in [-0.39, 0.29) is 0 Å². The van der Waals surface area contributed by atoms with Gasteiger partial charge in [-0.05, 0) is 30.2 Å². The molecule has 0 radical (unpaired) electrons. The molecule has 4 nitrogen and oxygen atoms in total. The van der Waals surface area contributed by atoms with Crippen LogP contribution >= 0.6 is 0 Å². The minimum Gasteiger partial charge on any atom is -0.309 e. The molecule has 2 heterocycles. The van der Waals surface area contributed by atoms with Gasteiger partial charge in [0.1, 0.15) is 5.82 Å². The SMILES string of the molecule is CCCc1ccnc(Nc2ncccn2)c1. The number of pyridine rings is 1. The average Bonchev–Trinajstić information content (AvgIpc) is 2.31. The summed E-state index contributed by atoms with van der Waals surface area (Å²) in [6.07, 6.45) is 7.39. The van der Waals surface area contributed by atoms with Crippen LogP contribution in [-0.4, -0.2) is 15.0 Å². The van der Waals surface area contributed by atoms with Crippen molar-refractivity contribution < 1.29 is 0 Å². The smallest absolute Gasteiger partial charge is 0.228 e. The summed E-state index contributed by atoms with van der Waals surface area (Å²) in [5.74, 6) is 1.36. The van der Waals surface area contributed by atoms with Gasteiger partial charge in [-0.1, -0.05) is 13.3 Å². The summed E-state index contributed by atoms with van der Waals surface area (Å²) < 4.78 is 0. The fourth-order valence-electron chi connectivity index (χ4n) is 1.47. The molecule has 0 aliphatic rings. The van der Waals surface area contributed by atoms with Crippen LogP contribution in [-0.2, 0) is 6.42 Å². The van der Waals surface area contributed by atoms with E-state index in [4.69, 9.17) is 0 Å². The zero-order chi connectivity index (χ0) is 11.2. The Balaban J connectivity index is 2.12. The van der Waals surface area contributed by atoms with Crippen molar-refractivity contribution in [1.29, 1.82) is 0 Å². The van der Waals surface area contributed by atoms with Gasteiger partial charge >= 0.3 is 0 Å². The highest BCUT2D eigenvalue weighted by Gasteiger charge is 1.98. The molecule has 0 unspecified atom stereocenters. The monoisotopic (exact) mass is 214 g/mol. The summed E-state index contributed by atoms with van der Waals surface area (Å²) in [5, 5.41) is 3.07. The maximum Gasteiger partial charge on any atom is 0.228 e. The number of hydrogen-bond acceptors (Lipinski definition) is 4. The predicted molar refractivity (Wildman–Crippen MR) is 63.5 cm³/mol. The van der Waals surface area contributed by atoms with Gasteiger partial charge in [-0.2, -0.15) is 0 Å². The first-order chi connectivity index (χ1) is 7.88. The quantitative estimate of drug-likeness (QED) is 0.849. The number of nitrogens with zero attached hydrogens (tertiary/aromatic N) is 3. The number of anilines is 2. The molecule has 2 aromatic rings. The maximum atomic E-state index is 4.23. The number of aryl methyl sites for hydroxylation is 1. The largest absolute Gasteiger partial charge is 0.309 e. The fourth-order valence-corrected chi connectivity index (χ4v) is 1.47. The molecule has 0 aliphatic heterocycles. The predicted octanol–water partition coefficient (Wildman–Crippen LogP) is 2.57. The molecule has 1 N–H and O–H groups in total. The molecule has 0 bridgehead atoms. The molecule has 2 rings (SSSR count). The van der Waals surface area contributed by atoms with Crippen LogP contribution in [0.4, 0.5) is 11.8 Å². The molecule has 0 saturated heterocycles. The van der Waals surface area contributed by atoms with Crippen molar-refractivity contribution in [3.05, 3.63) is 42.4 Å². The second kappa shape index (κ2) is 5.21. The minimum atomic E-state index is 0.573. The summed E-state index contributed by atoms with van der Waals surface area (Å²) in [7, 11) is 0. The maximum absolute atomic E-state index is 4.23. The van der Waals surface area contributed by atoms with Gasteiger partial charge in [-0.3, -0.25) is 0 Å². The van der Waals surface area contributed by atoms with E-state index >= 15 is 0 Å². The number of nitrogens with one attached hydrogen (secondary N) is 1. The Morgan fingerprint density at radius 1 is 1.12 bits per heavy atom. The Morgan fingerprint density at radius 3 is 2.69 bits per heavy atom. The van der Waals surface area contributed by atoms with Crippen molar-refractivity contribution in [2.75, 3.05) is 5.32 Å². The van der Waals surface area contributed by atoms with Crippen LogP contribution in [0.25, 0.3) is 0 Å². The first kappa shape index (κ1) is 10.5. The minimum absolute atomic E-state index is 0.573. The molecule has 16 heavy (non-hydrogen) atoms. The van der Waals surface area contributed by atoms with Crippen molar-refractivity contribution in [1.82, 2.24) is 15.0 Å². The second-order valence-electron chi connectivity index (χ2n) is 3.50. The third kappa shape index (κ3) is 2.76. The number of hydrogen-bond donors (Lipinski definition) is 1. The molecule has 0 saturated carbocycles. The van der Waals surface area contributed by atoms with Gasteiger partial charge in [0.2, 0.25) is 5.95 Å². The van der Waals surface area contributed by atoms with E-state index in [0.29, 0.717) is 5.95 Å². The Labute approximate surface area is 94.8 Å². The van der Waals surface area contributed by atoms with E-state index in [1.807, 2.05) is 12.1 Å². The molecule has 0 fully saturated rings. The summed E-state index contributed by atoms with van der Waals surface area (Å²) in [5.41, 5.74) is 1.27. The Hall–Kier alpha value is -1.97. The highest BCUT2D eigenvalue weighted by Crippen LogP contribution is 2.11. The Bertz CT molecular complexity index is 442. The normalized spacial score (nSPS) is 10.1. The fraction of sp³-hybridized carbons (Fsp3) is 0.250. The van der Waals surface area contributed by atoms with Crippen LogP contribution in [0.1, 0.15) is 18.9 Å². The molecule has 2 aromatic heterocycles. The molecule has 0 atom stereocenters. The zero-order valence-corrected chi connectivity index (χ0v) is 9.22. The third-order valence-corrected chi connectivity index (χ3v) is 2.17. The lowest BCUT2D eigenvalue weighted by atomic mass is 10.1. The summed E-state index contributed by atoms with van der Waals surface area (Å²) in [4.78, 5) is 12.4. The first-order valence-corrected chi connectivity index (χ1v) is 5.37. The lowest BCUT2D eigenvalue weighted by Gasteiger charge is -2.04. The Kier molecular flexibility index (Phi) is 3.43. The standard InChI is InChI=1S/C12H14N4/c1-2-4-10-5-8-13-11(9-10)16-12-14-6-3-7-15-12/h3,5-9H,2,4H2,1H3,(H,13,14,15,16). The third-order valence-electron chi connectivity index (χ3n) is 2.17. The van der Waals surface area contributed by atoms with Gasteiger partial charge < -0.3 is 5.32 Å². The molecule has 0 spiro atoms. The van der Waals surface area contributed by atoms with Crippen molar-refractivity contribution >= 4 is 11.8 Å². The average molecular weight is 214 g/mol. The van der Waals surface area contributed by atoms with Crippen LogP contribution in [0.3, 0.4) is 0 Å². The molecule has 0 amide bonds. The van der Waals surface area contributed by atoms with Crippen LogP contribution in [0.2, 0.25) is 0 Å². The van der Waals surface area contributed by atoms with E-state index in [1.54, 1.807) is 24.7 Å². The summed E-state index contributed by atoms with van der Waals surface area (Å²) in [6, 6.07) is 5.84. The lowest BCUT2D eigenvalue weighted by Crippen LogP contribution is -1.98. The summed E-state index contributed by atoms with van der Waals surface area (Å²) in [6.45, 7) is 2.16. The van der Waals surface area contributed by atoms with E-state index in [9.17, 15) is 0 Å². The summed E-state index contributed by atoms with van der Waals surface area (Å²) >= 11 is 0. The highest BCUT2D eigenvalue weighted by atomic mass is 15.1. The van der Waals surface area contributed by atoms with Gasteiger partial charge in [0.25, 0.3) is 0 Å². The van der Waals surface area contributed by atoms with Crippen LogP contribution in [0.5, 0.6) is 0 Å². The van der Waals surface area contributed by atoms with Crippen molar-refractivity contribution in [2.45, 2.75) is 19.8 Å². The molecule has 0 aromatic carbocycles. The van der Waals surface area contributed by atoms with E-state index in [1.165, 1.54) is 5.56 Å². The van der Waals surface area contributed by atoms with Gasteiger partial charge in [0.15, 0.2) is 0 Å². The molecular formula is C12H14N4. The molecule has 4 heteroatoms. The number of rotatable bonds is 4. The van der Waals surface area contributed by atoms with Crippen LogP contribution in [0.15, 0.2) is 36.8 Å². The van der Waals surface area contributed by atoms with Crippen molar-refractivity contribution in [3.8, 4) is 0 Å². The van der Waals surface area contributed by atoms with E-state index in [2.05, 4.69) is 27.2 Å². The lowest BCUT2D eigenvalue weighted by molar-refractivity contribution is 0.918. The van der Waals surface area contributed by atoms with Gasteiger partial charge in [0.05, 0.1) is 0 Å². The molecule has 82 valence electrons. The Morgan fingerprint density at radius 2 is 1.94 bits per heavy atom. The molecular weight excluding hydrogens is 200 g/mol. The van der Waals surface area contributed by atoms with Crippen LogP contribution in [0, 0.1) is 0 Å². The first-order valence-electron chi connectivity index (χ1n) is 5.37. The van der Waals surface area contributed by atoms with Crippen molar-refractivity contribution in [2.24, 2.45) is 0 Å². The van der Waals surface area contributed by atoms with E-state index in [0.717, 1.165) is 18.7 Å². The van der Waals surface area contributed by atoms with Gasteiger partial charge in [0, 0.05) is 18.6 Å². The van der Waals surface area contributed by atoms with E-state index < -0.39 is 0 Å². The van der Waals surface area contributed by atoms with Crippen LogP contribution < -0.4 is 5.32 Å². The molecule has 0 aliphatic carbocycles. The van der Waals surface area contributed by atoms with Gasteiger partial charge in [-0.15, -0.1) is 0 Å². The topological polar surface area (TPSA) is 50.7 Å². The second-order valence-corrected chi connectivity index (χ2v) is 3.50. The van der Waals surface area contributed by atoms with Crippen molar-refractivity contribution in [3.63, 3.8) is 0 Å².